The van der Waals surface area contributed by atoms with Gasteiger partial charge in [-0.2, -0.15) is 5.26 Å². The first-order chi connectivity index (χ1) is 15.1. The number of halogens is 3. The van der Waals surface area contributed by atoms with Crippen molar-refractivity contribution in [1.82, 2.24) is 4.90 Å². The molecule has 0 aromatic heterocycles. The lowest BCUT2D eigenvalue weighted by Crippen LogP contribution is -2.35. The topological polar surface area (TPSA) is 74.6 Å². The van der Waals surface area contributed by atoms with Crippen LogP contribution in [0.25, 0.3) is 0 Å². The number of nitrogens with zero attached hydrogens (tertiary/aromatic N) is 2. The van der Waals surface area contributed by atoms with Gasteiger partial charge in [0.25, 0.3) is 0 Å². The van der Waals surface area contributed by atoms with Crippen molar-refractivity contribution in [1.29, 1.82) is 5.26 Å². The monoisotopic (exact) mass is 555 g/mol. The zero-order chi connectivity index (χ0) is 23.5. The molecule has 1 unspecified atom stereocenters. The lowest BCUT2D eigenvalue weighted by atomic mass is 10.1. The average Bonchev–Trinajstić information content (AvgIpc) is 3.16. The largest absolute Gasteiger partial charge is 0.492 e. The van der Waals surface area contributed by atoms with Gasteiger partial charge in [0.15, 0.2) is 0 Å². The van der Waals surface area contributed by atoms with Crippen molar-refractivity contribution < 1.29 is 23.0 Å². The Kier molecular flexibility index (Phi) is 7.44. The zero-order valence-corrected chi connectivity index (χ0v) is 20.2. The molecule has 0 spiro atoms. The van der Waals surface area contributed by atoms with E-state index in [9.17, 15) is 18.8 Å². The first kappa shape index (κ1) is 24.0. The Morgan fingerprint density at radius 3 is 2.69 bits per heavy atom. The molecule has 1 N–H and O–H groups in total. The van der Waals surface area contributed by atoms with Crippen LogP contribution in [-0.4, -0.2) is 36.3 Å². The quantitative estimate of drug-likeness (QED) is 0.471. The fraction of sp³-hybridized carbons (Fsp3) is 0.391. The van der Waals surface area contributed by atoms with Crippen molar-refractivity contribution in [2.24, 2.45) is 5.92 Å². The van der Waals surface area contributed by atoms with Gasteiger partial charge in [0.2, 0.25) is 0 Å². The van der Waals surface area contributed by atoms with Crippen LogP contribution in [0.4, 0.5) is 25.0 Å². The Morgan fingerprint density at radius 2 is 2.03 bits per heavy atom. The fourth-order valence-electron chi connectivity index (χ4n) is 3.31. The number of carbonyl (C=O) groups excluding carboxylic acids is 1. The van der Waals surface area contributed by atoms with Crippen molar-refractivity contribution in [3.05, 3.63) is 51.1 Å². The van der Waals surface area contributed by atoms with E-state index in [2.05, 4.69) is 5.32 Å². The molecular formula is C23H24F2IN3O3. The van der Waals surface area contributed by atoms with Gasteiger partial charge < -0.3 is 19.7 Å². The van der Waals surface area contributed by atoms with Gasteiger partial charge in [0.1, 0.15) is 34.6 Å². The van der Waals surface area contributed by atoms with Crippen LogP contribution >= 0.6 is 22.6 Å². The third-order valence-electron chi connectivity index (χ3n) is 4.79. The Labute approximate surface area is 199 Å². The van der Waals surface area contributed by atoms with Crippen LogP contribution in [-0.2, 0) is 4.74 Å². The molecule has 32 heavy (non-hydrogen) atoms. The molecule has 6 nitrogen and oxygen atoms in total. The van der Waals surface area contributed by atoms with Crippen molar-refractivity contribution in [2.45, 2.75) is 32.8 Å². The number of hydrogen-bond donors (Lipinski definition) is 1. The van der Waals surface area contributed by atoms with E-state index < -0.39 is 17.2 Å². The summed E-state index contributed by atoms with van der Waals surface area (Å²) in [5, 5.41) is 12.4. The molecular weight excluding hydrogens is 531 g/mol. The normalized spacial score (nSPS) is 15.9. The second-order valence-electron chi connectivity index (χ2n) is 8.58. The maximum absolute atomic E-state index is 14.2. The van der Waals surface area contributed by atoms with Gasteiger partial charge in [-0.15, -0.1) is 0 Å². The number of carbonyl (C=O) groups is 1. The highest BCUT2D eigenvalue weighted by molar-refractivity contribution is 14.1. The number of amides is 1. The number of nitriles is 1. The number of ether oxygens (including phenoxy) is 2. The summed E-state index contributed by atoms with van der Waals surface area (Å²) in [7, 11) is 0. The Hall–Kier alpha value is -2.61. The van der Waals surface area contributed by atoms with Crippen LogP contribution < -0.4 is 10.1 Å². The molecule has 170 valence electrons. The summed E-state index contributed by atoms with van der Waals surface area (Å²) in [4.78, 5) is 13.8. The third kappa shape index (κ3) is 6.22. The minimum absolute atomic E-state index is 0.0161. The van der Waals surface area contributed by atoms with Crippen LogP contribution in [0.2, 0.25) is 0 Å². The predicted octanol–water partition coefficient (Wildman–Crippen LogP) is 5.82. The highest BCUT2D eigenvalue weighted by atomic mass is 127. The van der Waals surface area contributed by atoms with Gasteiger partial charge in [-0.25, -0.2) is 13.6 Å². The van der Waals surface area contributed by atoms with Gasteiger partial charge in [-0.05, 0) is 74.0 Å². The maximum Gasteiger partial charge on any atom is 0.410 e. The summed E-state index contributed by atoms with van der Waals surface area (Å²) < 4.78 is 40.3. The molecule has 1 fully saturated rings. The highest BCUT2D eigenvalue weighted by Crippen LogP contribution is 2.32. The van der Waals surface area contributed by atoms with E-state index >= 15 is 0 Å². The van der Waals surface area contributed by atoms with E-state index in [1.54, 1.807) is 11.0 Å². The molecule has 1 heterocycles. The van der Waals surface area contributed by atoms with Crippen molar-refractivity contribution >= 4 is 40.1 Å². The summed E-state index contributed by atoms with van der Waals surface area (Å²) >= 11 is 1.99. The van der Waals surface area contributed by atoms with Gasteiger partial charge in [0, 0.05) is 28.6 Å². The predicted molar refractivity (Wildman–Crippen MR) is 125 cm³/mol. The van der Waals surface area contributed by atoms with Crippen LogP contribution in [0.1, 0.15) is 32.8 Å². The molecule has 0 saturated carbocycles. The first-order valence-corrected chi connectivity index (χ1v) is 11.2. The van der Waals surface area contributed by atoms with Crippen LogP contribution in [0, 0.1) is 32.5 Å². The van der Waals surface area contributed by atoms with Crippen molar-refractivity contribution in [2.75, 3.05) is 25.0 Å². The highest BCUT2D eigenvalue weighted by Gasteiger charge is 2.30. The molecule has 2 aromatic carbocycles. The first-order valence-electron chi connectivity index (χ1n) is 10.1. The smallest absolute Gasteiger partial charge is 0.410 e. The molecule has 0 aliphatic carbocycles. The Morgan fingerprint density at radius 1 is 1.28 bits per heavy atom. The van der Waals surface area contributed by atoms with Crippen molar-refractivity contribution in [3.63, 3.8) is 0 Å². The summed E-state index contributed by atoms with van der Waals surface area (Å²) in [5.74, 6) is -1.05. The van der Waals surface area contributed by atoms with Gasteiger partial charge >= 0.3 is 6.09 Å². The molecule has 1 saturated heterocycles. The van der Waals surface area contributed by atoms with Crippen molar-refractivity contribution in [3.8, 4) is 11.8 Å². The minimum Gasteiger partial charge on any atom is -0.492 e. The van der Waals surface area contributed by atoms with E-state index in [1.807, 2.05) is 49.4 Å². The van der Waals surface area contributed by atoms with E-state index in [0.717, 1.165) is 12.1 Å². The number of rotatable bonds is 5. The maximum atomic E-state index is 14.2. The summed E-state index contributed by atoms with van der Waals surface area (Å²) in [6.45, 7) is 6.61. The van der Waals surface area contributed by atoms with E-state index in [0.29, 0.717) is 23.1 Å². The average molecular weight is 555 g/mol. The second-order valence-corrected chi connectivity index (χ2v) is 9.83. The number of benzene rings is 2. The Bertz CT molecular complexity index is 1050. The van der Waals surface area contributed by atoms with E-state index in [4.69, 9.17) is 9.47 Å². The number of hydrogen-bond acceptors (Lipinski definition) is 5. The molecule has 2 aromatic rings. The minimum atomic E-state index is -0.616. The fourth-order valence-corrected chi connectivity index (χ4v) is 3.77. The molecule has 1 aliphatic heterocycles. The van der Waals surface area contributed by atoms with Gasteiger partial charge in [-0.3, -0.25) is 0 Å². The van der Waals surface area contributed by atoms with Gasteiger partial charge in [-0.1, -0.05) is 0 Å². The van der Waals surface area contributed by atoms with Crippen LogP contribution in [0.15, 0.2) is 30.3 Å². The zero-order valence-electron chi connectivity index (χ0n) is 18.0. The summed E-state index contributed by atoms with van der Waals surface area (Å²) in [6, 6.07) is 8.83. The number of anilines is 2. The standard InChI is InChI=1S/C23H24F2IN3O3/c1-23(2,3)32-22(30)29-7-6-14(12-29)13-31-21-9-15(24)8-20(17(21)11-27)28-19-5-4-16(26)10-18(19)25/h4-5,8-10,14,28H,6-7,12-13H2,1-3H3. The Balaban J connectivity index is 1.70. The van der Waals surface area contributed by atoms with Crippen LogP contribution in [0.5, 0.6) is 5.75 Å². The molecule has 1 aliphatic rings. The van der Waals surface area contributed by atoms with E-state index in [1.165, 1.54) is 12.1 Å². The number of nitrogens with one attached hydrogen (secondary N) is 1. The lowest BCUT2D eigenvalue weighted by molar-refractivity contribution is 0.0285. The summed E-state index contributed by atoms with van der Waals surface area (Å²) in [5.41, 5.74) is -0.257. The van der Waals surface area contributed by atoms with Gasteiger partial charge in [0.05, 0.1) is 18.0 Å². The molecule has 0 bridgehead atoms. The second kappa shape index (κ2) is 9.90. The number of likely N-dealkylation sites (tertiary alicyclic amines) is 1. The lowest BCUT2D eigenvalue weighted by Gasteiger charge is -2.24. The molecule has 3 rings (SSSR count). The van der Waals surface area contributed by atoms with Crippen LogP contribution in [0.3, 0.4) is 0 Å². The SMILES string of the molecule is CC(C)(C)OC(=O)N1CCC(COc2cc(F)cc(Nc3ccc(I)cc3F)c2C#N)C1. The molecule has 0 radical (unpaired) electrons. The third-order valence-corrected chi connectivity index (χ3v) is 5.46. The molecule has 1 amide bonds. The molecule has 1 atom stereocenters. The summed E-state index contributed by atoms with van der Waals surface area (Å²) in [6.07, 6.45) is 0.324. The van der Waals surface area contributed by atoms with E-state index in [-0.39, 0.29) is 41.3 Å². The molecule has 9 heteroatoms.